The lowest BCUT2D eigenvalue weighted by Gasteiger charge is -2.12. The molecule has 0 saturated carbocycles. The minimum atomic E-state index is -0.130. The SMILES string of the molecule is CCc1cccc2c(/C=C3/C(=O)N(C)C(=S)N3C)cn(CC(=O)NC[C@H]3CCCO3)c12. The Morgan fingerprint density at radius 3 is 2.77 bits per heavy atom. The second-order valence-corrected chi connectivity index (χ2v) is 8.42. The van der Waals surface area contributed by atoms with Gasteiger partial charge in [0.15, 0.2) is 5.11 Å². The molecule has 0 spiro atoms. The number of rotatable bonds is 6. The molecular formula is C23H28N4O3S. The summed E-state index contributed by atoms with van der Waals surface area (Å²) in [5, 5.41) is 4.49. The minimum Gasteiger partial charge on any atom is -0.376 e. The second-order valence-electron chi connectivity index (χ2n) is 8.05. The van der Waals surface area contributed by atoms with Crippen LogP contribution in [-0.4, -0.2) is 64.6 Å². The average Bonchev–Trinajstić information content (AvgIpc) is 3.45. The van der Waals surface area contributed by atoms with E-state index in [9.17, 15) is 9.59 Å². The third-order valence-corrected chi connectivity index (χ3v) is 6.56. The van der Waals surface area contributed by atoms with Crippen LogP contribution in [0.3, 0.4) is 0 Å². The number of carbonyl (C=O) groups excluding carboxylic acids is 2. The van der Waals surface area contributed by atoms with Gasteiger partial charge in [0.2, 0.25) is 5.91 Å². The zero-order chi connectivity index (χ0) is 22.1. The van der Waals surface area contributed by atoms with Crippen molar-refractivity contribution in [2.75, 3.05) is 27.2 Å². The van der Waals surface area contributed by atoms with E-state index in [1.54, 1.807) is 19.0 Å². The Bertz CT molecular complexity index is 1070. The van der Waals surface area contributed by atoms with Crippen LogP contribution in [0.4, 0.5) is 0 Å². The smallest absolute Gasteiger partial charge is 0.276 e. The van der Waals surface area contributed by atoms with Gasteiger partial charge in [0, 0.05) is 44.4 Å². The minimum absolute atomic E-state index is 0.0486. The number of fused-ring (bicyclic) bond motifs is 1. The van der Waals surface area contributed by atoms with E-state index in [1.807, 2.05) is 29.0 Å². The van der Waals surface area contributed by atoms with E-state index in [2.05, 4.69) is 18.3 Å². The predicted octanol–water partition coefficient (Wildman–Crippen LogP) is 2.53. The molecular weight excluding hydrogens is 412 g/mol. The van der Waals surface area contributed by atoms with Crippen molar-refractivity contribution >= 4 is 46.1 Å². The van der Waals surface area contributed by atoms with Gasteiger partial charge < -0.3 is 19.5 Å². The van der Waals surface area contributed by atoms with Gasteiger partial charge in [0.05, 0.1) is 11.6 Å². The molecule has 1 aromatic carbocycles. The predicted molar refractivity (Wildman–Crippen MR) is 124 cm³/mol. The van der Waals surface area contributed by atoms with E-state index in [4.69, 9.17) is 17.0 Å². The zero-order valence-electron chi connectivity index (χ0n) is 18.2. The first-order valence-corrected chi connectivity index (χ1v) is 11.1. The summed E-state index contributed by atoms with van der Waals surface area (Å²) in [6, 6.07) is 6.13. The molecule has 1 aromatic heterocycles. The Morgan fingerprint density at radius 2 is 2.13 bits per heavy atom. The number of aromatic nitrogens is 1. The zero-order valence-corrected chi connectivity index (χ0v) is 19.0. The number of hydrogen-bond acceptors (Lipinski definition) is 4. The molecule has 0 aliphatic carbocycles. The fourth-order valence-electron chi connectivity index (χ4n) is 4.27. The summed E-state index contributed by atoms with van der Waals surface area (Å²) in [6.45, 7) is 3.63. The van der Waals surface area contributed by atoms with Crippen LogP contribution in [0.2, 0.25) is 0 Å². The van der Waals surface area contributed by atoms with Gasteiger partial charge >= 0.3 is 0 Å². The summed E-state index contributed by atoms with van der Waals surface area (Å²) in [5.74, 6) is -0.179. The van der Waals surface area contributed by atoms with E-state index < -0.39 is 0 Å². The lowest BCUT2D eigenvalue weighted by Crippen LogP contribution is -2.34. The first kappa shape index (κ1) is 21.5. The molecule has 2 amide bonds. The topological polar surface area (TPSA) is 66.8 Å². The molecule has 164 valence electrons. The van der Waals surface area contributed by atoms with E-state index in [-0.39, 0.29) is 24.5 Å². The van der Waals surface area contributed by atoms with Crippen molar-refractivity contribution < 1.29 is 14.3 Å². The van der Waals surface area contributed by atoms with Crippen molar-refractivity contribution in [1.82, 2.24) is 19.7 Å². The summed E-state index contributed by atoms with van der Waals surface area (Å²) in [7, 11) is 3.48. The first-order valence-electron chi connectivity index (χ1n) is 10.7. The van der Waals surface area contributed by atoms with Crippen LogP contribution in [0.5, 0.6) is 0 Å². The Hall–Kier alpha value is -2.71. The Balaban J connectivity index is 1.66. The molecule has 2 aromatic rings. The molecule has 2 aliphatic heterocycles. The third kappa shape index (κ3) is 4.09. The molecule has 0 radical (unpaired) electrons. The van der Waals surface area contributed by atoms with Crippen LogP contribution in [0, 0.1) is 0 Å². The highest BCUT2D eigenvalue weighted by Crippen LogP contribution is 2.29. The van der Waals surface area contributed by atoms with Gasteiger partial charge in [-0.05, 0) is 43.1 Å². The summed E-state index contributed by atoms with van der Waals surface area (Å²) < 4.78 is 7.57. The normalized spacial score (nSPS) is 20.5. The van der Waals surface area contributed by atoms with E-state index in [0.717, 1.165) is 47.9 Å². The van der Waals surface area contributed by atoms with Crippen LogP contribution >= 0.6 is 12.2 Å². The van der Waals surface area contributed by atoms with Gasteiger partial charge in [0.25, 0.3) is 5.91 Å². The highest BCUT2D eigenvalue weighted by atomic mass is 32.1. The van der Waals surface area contributed by atoms with Crippen molar-refractivity contribution in [2.24, 2.45) is 0 Å². The monoisotopic (exact) mass is 440 g/mol. The third-order valence-electron chi connectivity index (χ3n) is 6.01. The number of aryl methyl sites for hydroxylation is 1. The molecule has 3 heterocycles. The quantitative estimate of drug-likeness (QED) is 0.552. The molecule has 1 N–H and O–H groups in total. The summed E-state index contributed by atoms with van der Waals surface area (Å²) in [6.07, 6.45) is 6.81. The number of carbonyl (C=O) groups is 2. The number of thiocarbonyl (C=S) groups is 1. The Kier molecular flexibility index (Phi) is 6.11. The lowest BCUT2D eigenvalue weighted by molar-refractivity contribution is -0.122. The molecule has 0 unspecified atom stereocenters. The fourth-order valence-corrected chi connectivity index (χ4v) is 4.45. The molecule has 31 heavy (non-hydrogen) atoms. The summed E-state index contributed by atoms with van der Waals surface area (Å²) in [4.78, 5) is 28.5. The lowest BCUT2D eigenvalue weighted by atomic mass is 10.1. The maximum atomic E-state index is 12.7. The molecule has 2 fully saturated rings. The molecule has 8 heteroatoms. The van der Waals surface area contributed by atoms with Crippen molar-refractivity contribution in [2.45, 2.75) is 38.8 Å². The Morgan fingerprint density at radius 1 is 1.32 bits per heavy atom. The number of benzene rings is 1. The molecule has 0 bridgehead atoms. The highest BCUT2D eigenvalue weighted by molar-refractivity contribution is 7.80. The number of likely N-dealkylation sites (N-methyl/N-ethyl adjacent to an activating group) is 2. The van der Waals surface area contributed by atoms with Crippen molar-refractivity contribution in [1.29, 1.82) is 0 Å². The van der Waals surface area contributed by atoms with E-state index >= 15 is 0 Å². The standard InChI is InChI=1S/C23H28N4O3S/c1-4-15-7-5-9-18-16(11-19-22(29)26(3)23(31)25(19)2)13-27(21(15)18)14-20(28)24-12-17-8-6-10-30-17/h5,7,9,11,13,17H,4,6,8,10,12,14H2,1-3H3,(H,24,28)/b19-11-/t17-/m1/s1. The van der Waals surface area contributed by atoms with Gasteiger partial charge in [-0.1, -0.05) is 25.1 Å². The van der Waals surface area contributed by atoms with Crippen LogP contribution in [0.25, 0.3) is 17.0 Å². The maximum Gasteiger partial charge on any atom is 0.276 e. The fraction of sp³-hybridized carbons (Fsp3) is 0.435. The largest absolute Gasteiger partial charge is 0.376 e. The van der Waals surface area contributed by atoms with Crippen LogP contribution in [0.1, 0.15) is 30.9 Å². The van der Waals surface area contributed by atoms with Gasteiger partial charge in [0.1, 0.15) is 12.2 Å². The molecule has 2 aliphatic rings. The summed E-state index contributed by atoms with van der Waals surface area (Å²) >= 11 is 5.33. The molecule has 1 atom stereocenters. The number of amides is 2. The maximum absolute atomic E-state index is 12.7. The van der Waals surface area contributed by atoms with Gasteiger partial charge in [-0.2, -0.15) is 0 Å². The summed E-state index contributed by atoms with van der Waals surface area (Å²) in [5.41, 5.74) is 3.60. The number of para-hydroxylation sites is 1. The molecule has 2 saturated heterocycles. The second kappa shape index (κ2) is 8.80. The number of hydrogen-bond donors (Lipinski definition) is 1. The van der Waals surface area contributed by atoms with Gasteiger partial charge in [-0.3, -0.25) is 14.5 Å². The van der Waals surface area contributed by atoms with E-state index in [0.29, 0.717) is 17.4 Å². The van der Waals surface area contributed by atoms with Crippen LogP contribution in [0.15, 0.2) is 30.1 Å². The number of ether oxygens (including phenoxy) is 1. The van der Waals surface area contributed by atoms with Crippen LogP contribution in [-0.2, 0) is 27.3 Å². The number of nitrogens with one attached hydrogen (secondary N) is 1. The van der Waals surface area contributed by atoms with E-state index in [1.165, 1.54) is 4.90 Å². The Labute approximate surface area is 187 Å². The van der Waals surface area contributed by atoms with Crippen molar-refractivity contribution in [3.8, 4) is 0 Å². The van der Waals surface area contributed by atoms with Crippen LogP contribution < -0.4 is 5.32 Å². The van der Waals surface area contributed by atoms with Gasteiger partial charge in [-0.25, -0.2) is 0 Å². The van der Waals surface area contributed by atoms with Crippen molar-refractivity contribution in [3.05, 3.63) is 41.2 Å². The highest BCUT2D eigenvalue weighted by Gasteiger charge is 2.33. The molecule has 4 rings (SSSR count). The van der Waals surface area contributed by atoms with Gasteiger partial charge in [-0.15, -0.1) is 0 Å². The van der Waals surface area contributed by atoms with Crippen molar-refractivity contribution in [3.63, 3.8) is 0 Å². The number of nitrogens with zero attached hydrogens (tertiary/aromatic N) is 3. The average molecular weight is 441 g/mol. The first-order chi connectivity index (χ1) is 14.9. The molecule has 7 nitrogen and oxygen atoms in total.